The molecule has 0 amide bonds. The zero-order chi connectivity index (χ0) is 24.7. The number of rotatable bonds is 8. The topological polar surface area (TPSA) is 101 Å². The molecule has 11 heteroatoms. The van der Waals surface area contributed by atoms with Crippen LogP contribution in [0.1, 0.15) is 30.8 Å². The van der Waals surface area contributed by atoms with Crippen LogP contribution in [0.2, 0.25) is 0 Å². The van der Waals surface area contributed by atoms with E-state index in [1.54, 1.807) is 23.9 Å². The van der Waals surface area contributed by atoms with Crippen LogP contribution < -0.4 is 10.6 Å². The Morgan fingerprint density at radius 2 is 2.00 bits per heavy atom. The molecule has 35 heavy (non-hydrogen) atoms. The smallest absolute Gasteiger partial charge is 0.192 e. The average molecular weight is 513 g/mol. The van der Waals surface area contributed by atoms with E-state index in [1.807, 2.05) is 11.9 Å². The number of hydrogen-bond donors (Lipinski definition) is 2. The second kappa shape index (κ2) is 9.87. The Morgan fingerprint density at radius 3 is 2.63 bits per heavy atom. The number of thioether (sulfide) groups is 1. The fourth-order valence-corrected chi connectivity index (χ4v) is 6.73. The number of hydrogen-bond acceptors (Lipinski definition) is 9. The van der Waals surface area contributed by atoms with E-state index in [1.165, 1.54) is 29.9 Å². The Kier molecular flexibility index (Phi) is 6.83. The Balaban J connectivity index is 1.34. The Hall–Kier alpha value is -2.49. The third-order valence-corrected chi connectivity index (χ3v) is 8.85. The van der Waals surface area contributed by atoms with E-state index in [2.05, 4.69) is 34.7 Å². The van der Waals surface area contributed by atoms with Crippen molar-refractivity contribution in [3.8, 4) is 17.3 Å². The largest absolute Gasteiger partial charge is 0.335 e. The lowest BCUT2D eigenvalue weighted by atomic mass is 9.88. The number of aromatic nitrogens is 3. The van der Waals surface area contributed by atoms with Crippen molar-refractivity contribution in [2.75, 3.05) is 31.6 Å². The van der Waals surface area contributed by atoms with E-state index in [0.29, 0.717) is 33.3 Å². The van der Waals surface area contributed by atoms with Crippen LogP contribution in [-0.2, 0) is 6.42 Å². The Morgan fingerprint density at radius 1 is 1.29 bits per heavy atom. The van der Waals surface area contributed by atoms with Crippen molar-refractivity contribution >= 4 is 34.0 Å². The molecule has 1 aromatic carbocycles. The van der Waals surface area contributed by atoms with Crippen molar-refractivity contribution in [2.45, 2.75) is 49.4 Å². The van der Waals surface area contributed by atoms with Crippen LogP contribution in [0, 0.1) is 17.1 Å². The number of nitrogens with one attached hydrogen (secondary N) is 1. The van der Waals surface area contributed by atoms with E-state index in [-0.39, 0.29) is 11.3 Å². The zero-order valence-corrected chi connectivity index (χ0v) is 21.7. The summed E-state index contributed by atoms with van der Waals surface area (Å²) < 4.78 is 13.4. The van der Waals surface area contributed by atoms with Gasteiger partial charge in [-0.25, -0.2) is 14.4 Å². The van der Waals surface area contributed by atoms with Crippen molar-refractivity contribution in [1.82, 2.24) is 24.8 Å². The molecule has 3 atom stereocenters. The number of nitrogens with two attached hydrogens (primary N) is 1. The SMILES string of the molecule is CCc1[nH]c(SC(N)N2CC3CC(C2)N3CC)nc1N(C)c1nc(-c2ccc(F)cc2)c(C#N)s1. The van der Waals surface area contributed by atoms with Crippen molar-refractivity contribution in [3.63, 3.8) is 0 Å². The highest BCUT2D eigenvalue weighted by Gasteiger charge is 2.44. The third kappa shape index (κ3) is 4.57. The minimum atomic E-state index is -0.323. The highest BCUT2D eigenvalue weighted by Crippen LogP contribution is 2.38. The number of thiazole rings is 1. The van der Waals surface area contributed by atoms with Gasteiger partial charge in [-0.05, 0) is 43.7 Å². The van der Waals surface area contributed by atoms with Gasteiger partial charge in [0.1, 0.15) is 28.0 Å². The molecule has 3 N–H and O–H groups in total. The van der Waals surface area contributed by atoms with E-state index < -0.39 is 0 Å². The lowest BCUT2D eigenvalue weighted by Crippen LogP contribution is -2.70. The number of anilines is 2. The first-order valence-electron chi connectivity index (χ1n) is 11.8. The van der Waals surface area contributed by atoms with Gasteiger partial charge >= 0.3 is 0 Å². The van der Waals surface area contributed by atoms with E-state index in [4.69, 9.17) is 15.7 Å². The first-order chi connectivity index (χ1) is 16.9. The van der Waals surface area contributed by atoms with Gasteiger partial charge < -0.3 is 15.6 Å². The molecule has 3 fully saturated rings. The molecule has 0 saturated carbocycles. The molecule has 2 bridgehead atoms. The van der Waals surface area contributed by atoms with Gasteiger partial charge in [0.25, 0.3) is 0 Å². The van der Waals surface area contributed by atoms with Gasteiger partial charge in [-0.2, -0.15) is 5.26 Å². The molecule has 5 heterocycles. The summed E-state index contributed by atoms with van der Waals surface area (Å²) in [6.45, 7) is 7.39. The quantitative estimate of drug-likeness (QED) is 0.345. The summed E-state index contributed by atoms with van der Waals surface area (Å²) >= 11 is 2.84. The number of aryl methyl sites for hydroxylation is 1. The van der Waals surface area contributed by atoms with Gasteiger partial charge in [-0.15, -0.1) is 0 Å². The number of nitriles is 1. The predicted octanol–water partition coefficient (Wildman–Crippen LogP) is 3.99. The van der Waals surface area contributed by atoms with Crippen LogP contribution in [0.15, 0.2) is 29.4 Å². The molecule has 0 spiro atoms. The van der Waals surface area contributed by atoms with Gasteiger partial charge in [0.15, 0.2) is 16.1 Å². The fourth-order valence-electron chi connectivity index (χ4n) is 5.01. The van der Waals surface area contributed by atoms with Crippen LogP contribution in [0.3, 0.4) is 0 Å². The van der Waals surface area contributed by atoms with Gasteiger partial charge in [0.2, 0.25) is 0 Å². The fraction of sp³-hybridized carbons (Fsp3) is 0.458. The highest BCUT2D eigenvalue weighted by atomic mass is 32.2. The summed E-state index contributed by atoms with van der Waals surface area (Å²) in [6.07, 6.45) is 2.04. The minimum Gasteiger partial charge on any atom is -0.335 e. The molecule has 6 rings (SSSR count). The first-order valence-corrected chi connectivity index (χ1v) is 13.5. The lowest BCUT2D eigenvalue weighted by Gasteiger charge is -2.57. The number of benzene rings is 1. The predicted molar refractivity (Wildman–Crippen MR) is 138 cm³/mol. The number of nitrogens with zero attached hydrogens (tertiary/aromatic N) is 6. The van der Waals surface area contributed by atoms with Crippen LogP contribution in [0.25, 0.3) is 11.3 Å². The number of fused-ring (bicyclic) bond motifs is 2. The molecule has 184 valence electrons. The van der Waals surface area contributed by atoms with Crippen LogP contribution in [0.5, 0.6) is 0 Å². The summed E-state index contributed by atoms with van der Waals surface area (Å²) in [7, 11) is 1.90. The second-order valence-electron chi connectivity index (χ2n) is 8.89. The molecule has 0 aliphatic carbocycles. The van der Waals surface area contributed by atoms with Crippen molar-refractivity contribution in [1.29, 1.82) is 5.26 Å². The van der Waals surface area contributed by atoms with Gasteiger partial charge in [-0.3, -0.25) is 9.80 Å². The Labute approximate surface area is 213 Å². The molecule has 3 aliphatic rings. The van der Waals surface area contributed by atoms with Crippen molar-refractivity contribution < 1.29 is 4.39 Å². The van der Waals surface area contributed by atoms with Crippen LogP contribution >= 0.6 is 23.1 Å². The van der Waals surface area contributed by atoms with E-state index >= 15 is 0 Å². The maximum Gasteiger partial charge on any atom is 0.192 e. The molecular formula is C24H29FN8S2. The normalized spacial score (nSPS) is 20.9. The van der Waals surface area contributed by atoms with Gasteiger partial charge in [0.05, 0.1) is 5.69 Å². The third-order valence-electron chi connectivity index (χ3n) is 6.86. The van der Waals surface area contributed by atoms with Crippen molar-refractivity contribution in [2.24, 2.45) is 5.73 Å². The zero-order valence-electron chi connectivity index (χ0n) is 20.0. The number of halogens is 1. The maximum absolute atomic E-state index is 13.4. The standard InChI is InChI=1S/C24H29FN8S2/c1-4-18-21(30-23(28-18)35-22(27)32-12-16-10-17(13-32)33(16)5-2)31(3)24-29-20(19(11-26)34-24)14-6-8-15(25)9-7-14/h6-9,16-17,22H,4-5,10,12-13,27H2,1-3H3,(H,28,30). The van der Waals surface area contributed by atoms with E-state index in [0.717, 1.165) is 42.7 Å². The van der Waals surface area contributed by atoms with E-state index in [9.17, 15) is 9.65 Å². The summed E-state index contributed by atoms with van der Waals surface area (Å²) in [4.78, 5) is 20.3. The molecular weight excluding hydrogens is 483 g/mol. The second-order valence-corrected chi connectivity index (χ2v) is 11.0. The van der Waals surface area contributed by atoms with Gasteiger partial charge in [-0.1, -0.05) is 36.9 Å². The maximum atomic E-state index is 13.4. The summed E-state index contributed by atoms with van der Waals surface area (Å²) in [6, 6.07) is 9.49. The minimum absolute atomic E-state index is 0.163. The summed E-state index contributed by atoms with van der Waals surface area (Å²) in [5.74, 6) is 0.446. The van der Waals surface area contributed by atoms with Crippen molar-refractivity contribution in [3.05, 3.63) is 40.7 Å². The van der Waals surface area contributed by atoms with Gasteiger partial charge in [0, 0.05) is 37.8 Å². The molecule has 3 unspecified atom stereocenters. The first kappa shape index (κ1) is 24.2. The summed E-state index contributed by atoms with van der Waals surface area (Å²) in [5, 5.41) is 11.1. The number of piperidine rings is 1. The van der Waals surface area contributed by atoms with Crippen LogP contribution in [-0.4, -0.2) is 69.0 Å². The number of aromatic amines is 1. The monoisotopic (exact) mass is 512 g/mol. The highest BCUT2D eigenvalue weighted by molar-refractivity contribution is 7.99. The summed E-state index contributed by atoms with van der Waals surface area (Å²) in [5.41, 5.74) is 8.66. The Bertz CT molecular complexity index is 1220. The number of H-pyrrole nitrogens is 1. The molecule has 2 aromatic heterocycles. The molecule has 3 saturated heterocycles. The number of likely N-dealkylation sites (N-methyl/N-ethyl adjacent to an activating group) is 1. The molecule has 0 radical (unpaired) electrons. The van der Waals surface area contributed by atoms with Crippen LogP contribution in [0.4, 0.5) is 15.3 Å². The molecule has 3 aliphatic heterocycles. The average Bonchev–Trinajstić information content (AvgIpc) is 3.48. The number of piperazine rings is 1. The number of imidazole rings is 1. The lowest BCUT2D eigenvalue weighted by molar-refractivity contribution is -0.0682. The molecule has 8 nitrogen and oxygen atoms in total. The molecule has 3 aromatic rings.